The summed E-state index contributed by atoms with van der Waals surface area (Å²) in [6.45, 7) is 5.28. The smallest absolute Gasteiger partial charge is 0.252 e. The molecule has 1 aromatic rings. The number of rotatable bonds is 4. The number of hydrogen-bond acceptors (Lipinski definition) is 4. The lowest BCUT2D eigenvalue weighted by Crippen LogP contribution is -2.42. The molecule has 1 aromatic heterocycles. The highest BCUT2D eigenvalue weighted by molar-refractivity contribution is 7.91. The molecular weight excluding hydrogens is 304 g/mol. The summed E-state index contributed by atoms with van der Waals surface area (Å²) in [7, 11) is -3.29. The van der Waals surface area contributed by atoms with Gasteiger partial charge >= 0.3 is 0 Å². The topological polar surface area (TPSA) is 40.6 Å². The zero-order chi connectivity index (χ0) is 14.9. The first kappa shape index (κ1) is 15.5. The predicted molar refractivity (Wildman–Crippen MR) is 86.3 cm³/mol. The van der Waals surface area contributed by atoms with Crippen molar-refractivity contribution in [1.82, 2.24) is 9.21 Å². The minimum atomic E-state index is -3.29. The standard InChI is InChI=1S/C15H24N2O2S2/c1-2-14-7-8-15(20-14)21(18,19)17-10-4-9-16(11-12-17)13-5-3-6-13/h7-8,13H,2-6,9-12H2,1H3. The highest BCUT2D eigenvalue weighted by Crippen LogP contribution is 2.28. The maximum atomic E-state index is 12.7. The summed E-state index contributed by atoms with van der Waals surface area (Å²) in [4.78, 5) is 3.63. The SMILES string of the molecule is CCc1ccc(S(=O)(=O)N2CCCN(C3CCC3)CC2)s1. The van der Waals surface area contributed by atoms with Crippen LogP contribution in [0.1, 0.15) is 37.5 Å². The lowest BCUT2D eigenvalue weighted by Gasteiger charge is -2.36. The minimum Gasteiger partial charge on any atom is -0.299 e. The largest absolute Gasteiger partial charge is 0.299 e. The highest BCUT2D eigenvalue weighted by atomic mass is 32.2. The summed E-state index contributed by atoms with van der Waals surface area (Å²) in [5.41, 5.74) is 0. The molecule has 2 fully saturated rings. The van der Waals surface area contributed by atoms with Crippen molar-refractivity contribution >= 4 is 21.4 Å². The summed E-state index contributed by atoms with van der Waals surface area (Å²) >= 11 is 1.42. The third kappa shape index (κ3) is 3.18. The van der Waals surface area contributed by atoms with Crippen LogP contribution in [0.2, 0.25) is 0 Å². The zero-order valence-electron chi connectivity index (χ0n) is 12.6. The van der Waals surface area contributed by atoms with Gasteiger partial charge in [0.2, 0.25) is 0 Å². The molecule has 1 aliphatic carbocycles. The third-order valence-corrected chi connectivity index (χ3v) is 8.26. The molecular formula is C15H24N2O2S2. The average molecular weight is 329 g/mol. The van der Waals surface area contributed by atoms with Gasteiger partial charge in [0.1, 0.15) is 4.21 Å². The molecule has 2 heterocycles. The average Bonchev–Trinajstić information content (AvgIpc) is 2.77. The Hall–Kier alpha value is -0.430. The molecule has 1 aliphatic heterocycles. The number of nitrogens with zero attached hydrogens (tertiary/aromatic N) is 2. The molecule has 4 nitrogen and oxygen atoms in total. The van der Waals surface area contributed by atoms with Crippen molar-refractivity contribution < 1.29 is 8.42 Å². The van der Waals surface area contributed by atoms with Crippen LogP contribution >= 0.6 is 11.3 Å². The molecule has 1 saturated carbocycles. The molecule has 0 spiro atoms. The van der Waals surface area contributed by atoms with Gasteiger partial charge in [0.05, 0.1) is 0 Å². The fourth-order valence-electron chi connectivity index (χ4n) is 3.09. The maximum Gasteiger partial charge on any atom is 0.252 e. The van der Waals surface area contributed by atoms with E-state index in [2.05, 4.69) is 11.8 Å². The molecule has 118 valence electrons. The summed E-state index contributed by atoms with van der Waals surface area (Å²) in [6.07, 6.45) is 5.75. The van der Waals surface area contributed by atoms with Crippen molar-refractivity contribution in [3.8, 4) is 0 Å². The van der Waals surface area contributed by atoms with Crippen molar-refractivity contribution in [3.63, 3.8) is 0 Å². The van der Waals surface area contributed by atoms with E-state index in [1.807, 2.05) is 6.07 Å². The first-order chi connectivity index (χ1) is 10.1. The van der Waals surface area contributed by atoms with E-state index in [-0.39, 0.29) is 0 Å². The van der Waals surface area contributed by atoms with E-state index in [0.717, 1.165) is 30.8 Å². The Kier molecular flexibility index (Phi) is 4.69. The zero-order valence-corrected chi connectivity index (χ0v) is 14.3. The Morgan fingerprint density at radius 3 is 2.57 bits per heavy atom. The van der Waals surface area contributed by atoms with Crippen LogP contribution in [0.15, 0.2) is 16.3 Å². The molecule has 0 bridgehead atoms. The van der Waals surface area contributed by atoms with Crippen molar-refractivity contribution in [2.75, 3.05) is 26.2 Å². The Bertz CT molecular complexity index is 578. The second-order valence-corrected chi connectivity index (χ2v) is 9.29. The summed E-state index contributed by atoms with van der Waals surface area (Å²) in [6, 6.07) is 4.42. The van der Waals surface area contributed by atoms with E-state index in [0.29, 0.717) is 23.3 Å². The molecule has 0 amide bonds. The molecule has 0 atom stereocenters. The monoisotopic (exact) mass is 328 g/mol. The minimum absolute atomic E-state index is 0.511. The predicted octanol–water partition coefficient (Wildman–Crippen LogP) is 2.56. The molecule has 21 heavy (non-hydrogen) atoms. The van der Waals surface area contributed by atoms with E-state index >= 15 is 0 Å². The van der Waals surface area contributed by atoms with Gasteiger partial charge in [-0.3, -0.25) is 4.90 Å². The van der Waals surface area contributed by atoms with Gasteiger partial charge in [-0.25, -0.2) is 8.42 Å². The van der Waals surface area contributed by atoms with Gasteiger partial charge in [0, 0.05) is 30.6 Å². The molecule has 0 radical (unpaired) electrons. The Morgan fingerprint density at radius 2 is 1.95 bits per heavy atom. The normalized spacial score (nSPS) is 22.9. The lowest BCUT2D eigenvalue weighted by molar-refractivity contribution is 0.134. The first-order valence-corrected chi connectivity index (χ1v) is 10.2. The Labute approximate surface area is 131 Å². The second-order valence-electron chi connectivity index (χ2n) is 5.95. The Balaban J connectivity index is 1.70. The molecule has 1 saturated heterocycles. The van der Waals surface area contributed by atoms with Gasteiger partial charge in [-0.15, -0.1) is 11.3 Å². The van der Waals surface area contributed by atoms with Crippen molar-refractivity contribution in [2.45, 2.75) is 49.3 Å². The van der Waals surface area contributed by atoms with Crippen LogP contribution in [-0.2, 0) is 16.4 Å². The van der Waals surface area contributed by atoms with E-state index in [1.54, 1.807) is 10.4 Å². The van der Waals surface area contributed by atoms with Crippen molar-refractivity contribution in [1.29, 1.82) is 0 Å². The van der Waals surface area contributed by atoms with E-state index < -0.39 is 10.0 Å². The van der Waals surface area contributed by atoms with Crippen molar-refractivity contribution in [3.05, 3.63) is 17.0 Å². The van der Waals surface area contributed by atoms with E-state index in [4.69, 9.17) is 0 Å². The quantitative estimate of drug-likeness (QED) is 0.853. The van der Waals surface area contributed by atoms with Gasteiger partial charge in [0.25, 0.3) is 10.0 Å². The van der Waals surface area contributed by atoms with Crippen LogP contribution in [0.5, 0.6) is 0 Å². The van der Waals surface area contributed by atoms with Gasteiger partial charge < -0.3 is 0 Å². The van der Waals surface area contributed by atoms with Crippen molar-refractivity contribution in [2.24, 2.45) is 0 Å². The molecule has 0 unspecified atom stereocenters. The van der Waals surface area contributed by atoms with Crippen LogP contribution in [0.3, 0.4) is 0 Å². The third-order valence-electron chi connectivity index (χ3n) is 4.66. The molecule has 0 N–H and O–H groups in total. The number of hydrogen-bond donors (Lipinski definition) is 0. The molecule has 3 rings (SSSR count). The van der Waals surface area contributed by atoms with Gasteiger partial charge in [-0.2, -0.15) is 4.31 Å². The van der Waals surface area contributed by atoms with E-state index in [1.165, 1.54) is 30.6 Å². The Morgan fingerprint density at radius 1 is 1.14 bits per heavy atom. The number of thiophene rings is 1. The van der Waals surface area contributed by atoms with Gasteiger partial charge in [-0.1, -0.05) is 13.3 Å². The fraction of sp³-hybridized carbons (Fsp3) is 0.733. The molecule has 2 aliphatic rings. The van der Waals surface area contributed by atoms with Gasteiger partial charge in [-0.05, 0) is 44.4 Å². The van der Waals surface area contributed by atoms with Crippen LogP contribution in [-0.4, -0.2) is 49.8 Å². The van der Waals surface area contributed by atoms with Crippen LogP contribution in [0.4, 0.5) is 0 Å². The lowest BCUT2D eigenvalue weighted by atomic mass is 9.91. The number of aryl methyl sites for hydroxylation is 1. The maximum absolute atomic E-state index is 12.7. The second kappa shape index (κ2) is 6.36. The van der Waals surface area contributed by atoms with Crippen LogP contribution in [0.25, 0.3) is 0 Å². The number of sulfonamides is 1. The summed E-state index contributed by atoms with van der Waals surface area (Å²) < 4.78 is 27.7. The van der Waals surface area contributed by atoms with Gasteiger partial charge in [0.15, 0.2) is 0 Å². The molecule has 0 aromatic carbocycles. The summed E-state index contributed by atoms with van der Waals surface area (Å²) in [5.74, 6) is 0. The van der Waals surface area contributed by atoms with E-state index in [9.17, 15) is 8.42 Å². The first-order valence-electron chi connectivity index (χ1n) is 7.94. The molecule has 6 heteroatoms. The van der Waals surface area contributed by atoms with Crippen LogP contribution < -0.4 is 0 Å². The highest BCUT2D eigenvalue weighted by Gasteiger charge is 2.31. The summed E-state index contributed by atoms with van der Waals surface area (Å²) in [5, 5.41) is 0. The van der Waals surface area contributed by atoms with Crippen LogP contribution in [0, 0.1) is 0 Å². The fourth-order valence-corrected chi connectivity index (χ4v) is 6.00.